The molecule has 0 spiro atoms. The molecule has 0 aliphatic rings. The van der Waals surface area contributed by atoms with Crippen LogP contribution in [0.15, 0.2) is 30.5 Å². The molecule has 0 aliphatic carbocycles. The second-order valence-electron chi connectivity index (χ2n) is 4.49. The van der Waals surface area contributed by atoms with Crippen LogP contribution < -0.4 is 5.32 Å². The number of rotatable bonds is 4. The Bertz CT molecular complexity index is 562. The van der Waals surface area contributed by atoms with Crippen molar-refractivity contribution in [3.8, 4) is 0 Å². The molecule has 0 aliphatic heterocycles. The number of halogens is 1. The van der Waals surface area contributed by atoms with E-state index < -0.39 is 0 Å². The number of hydrogen-bond acceptors (Lipinski definition) is 1. The summed E-state index contributed by atoms with van der Waals surface area (Å²) in [6.45, 7) is 4.38. The summed E-state index contributed by atoms with van der Waals surface area (Å²) in [5.74, 6) is 0.0295. The average molecular weight is 265 g/mol. The molecule has 0 radical (unpaired) electrons. The van der Waals surface area contributed by atoms with Gasteiger partial charge in [-0.05, 0) is 31.5 Å². The van der Waals surface area contributed by atoms with Gasteiger partial charge in [0.2, 0.25) is 5.91 Å². The van der Waals surface area contributed by atoms with Gasteiger partial charge in [-0.3, -0.25) is 4.79 Å². The topological polar surface area (TPSA) is 34.0 Å². The fourth-order valence-corrected chi connectivity index (χ4v) is 2.13. The number of fused-ring (bicyclic) bond motifs is 1. The van der Waals surface area contributed by atoms with Gasteiger partial charge >= 0.3 is 0 Å². The van der Waals surface area contributed by atoms with E-state index >= 15 is 0 Å². The Morgan fingerprint density at radius 3 is 2.94 bits per heavy atom. The lowest BCUT2D eigenvalue weighted by atomic mass is 10.2. The van der Waals surface area contributed by atoms with E-state index in [9.17, 15) is 4.79 Å². The molecule has 0 saturated carbocycles. The molecular weight excluding hydrogens is 248 g/mol. The number of amides is 1. The van der Waals surface area contributed by atoms with E-state index in [1.165, 1.54) is 0 Å². The van der Waals surface area contributed by atoms with Gasteiger partial charge in [-0.25, -0.2) is 0 Å². The number of benzene rings is 1. The molecule has 1 atom stereocenters. The first-order valence-corrected chi connectivity index (χ1v) is 6.52. The van der Waals surface area contributed by atoms with Crippen molar-refractivity contribution in [2.45, 2.75) is 32.9 Å². The molecule has 2 rings (SSSR count). The van der Waals surface area contributed by atoms with Gasteiger partial charge in [0.25, 0.3) is 0 Å². The quantitative estimate of drug-likeness (QED) is 0.904. The van der Waals surface area contributed by atoms with Crippen LogP contribution in [0.5, 0.6) is 0 Å². The second-order valence-corrected chi connectivity index (χ2v) is 4.90. The average Bonchev–Trinajstić information content (AvgIpc) is 2.74. The number of nitrogens with zero attached hydrogens (tertiary/aromatic N) is 1. The van der Waals surface area contributed by atoms with E-state index in [0.717, 1.165) is 17.3 Å². The van der Waals surface area contributed by atoms with Crippen LogP contribution in [-0.4, -0.2) is 16.5 Å². The van der Waals surface area contributed by atoms with E-state index in [4.69, 9.17) is 11.6 Å². The van der Waals surface area contributed by atoms with Gasteiger partial charge in [-0.2, -0.15) is 0 Å². The first kappa shape index (κ1) is 13.0. The molecule has 4 heteroatoms. The molecule has 0 fully saturated rings. The van der Waals surface area contributed by atoms with Crippen molar-refractivity contribution in [2.24, 2.45) is 0 Å². The van der Waals surface area contributed by atoms with Crippen molar-refractivity contribution >= 4 is 28.4 Å². The van der Waals surface area contributed by atoms with Gasteiger partial charge < -0.3 is 9.88 Å². The third kappa shape index (κ3) is 2.67. The van der Waals surface area contributed by atoms with Crippen LogP contribution in [0.3, 0.4) is 0 Å². The number of carbonyl (C=O) groups excluding carboxylic acids is 1. The third-order valence-electron chi connectivity index (χ3n) is 3.09. The van der Waals surface area contributed by atoms with E-state index in [2.05, 4.69) is 12.2 Å². The zero-order valence-electron chi connectivity index (χ0n) is 10.6. The summed E-state index contributed by atoms with van der Waals surface area (Å²) in [5, 5.41) is 4.65. The minimum absolute atomic E-state index is 0.0295. The summed E-state index contributed by atoms with van der Waals surface area (Å²) in [6, 6.07) is 7.87. The lowest BCUT2D eigenvalue weighted by Gasteiger charge is -2.12. The number of aromatic nitrogens is 1. The van der Waals surface area contributed by atoms with Crippen molar-refractivity contribution in [1.29, 1.82) is 0 Å². The van der Waals surface area contributed by atoms with Crippen molar-refractivity contribution in [3.05, 3.63) is 35.5 Å². The highest BCUT2D eigenvalue weighted by Gasteiger charge is 2.09. The molecule has 1 amide bonds. The van der Waals surface area contributed by atoms with Gasteiger partial charge in [-0.15, -0.1) is 0 Å². The Morgan fingerprint density at radius 2 is 2.22 bits per heavy atom. The van der Waals surface area contributed by atoms with Gasteiger partial charge in [-0.1, -0.05) is 24.6 Å². The largest absolute Gasteiger partial charge is 0.352 e. The van der Waals surface area contributed by atoms with Crippen molar-refractivity contribution in [1.82, 2.24) is 9.88 Å². The standard InChI is InChI=1S/C14H17ClN2O/c1-3-10(2)16-14(18)9-17-8-7-11-12(15)5-4-6-13(11)17/h4-8,10H,3,9H2,1-2H3,(H,16,18). The van der Waals surface area contributed by atoms with Crippen LogP contribution in [0.4, 0.5) is 0 Å². The highest BCUT2D eigenvalue weighted by atomic mass is 35.5. The van der Waals surface area contributed by atoms with E-state index in [1.807, 2.05) is 42.0 Å². The molecule has 1 N–H and O–H groups in total. The summed E-state index contributed by atoms with van der Waals surface area (Å²) < 4.78 is 1.92. The first-order chi connectivity index (χ1) is 8.61. The van der Waals surface area contributed by atoms with E-state index in [1.54, 1.807) is 0 Å². The molecule has 1 unspecified atom stereocenters. The van der Waals surface area contributed by atoms with Crippen molar-refractivity contribution in [2.75, 3.05) is 0 Å². The Labute approximate surface area is 112 Å². The second kappa shape index (κ2) is 5.44. The van der Waals surface area contributed by atoms with Gasteiger partial charge in [0, 0.05) is 28.2 Å². The molecule has 0 saturated heterocycles. The van der Waals surface area contributed by atoms with Crippen LogP contribution >= 0.6 is 11.6 Å². The number of hydrogen-bond donors (Lipinski definition) is 1. The zero-order chi connectivity index (χ0) is 13.1. The Balaban J connectivity index is 2.17. The molecule has 2 aromatic rings. The number of carbonyl (C=O) groups is 1. The van der Waals surface area contributed by atoms with E-state index in [-0.39, 0.29) is 11.9 Å². The molecule has 1 aromatic heterocycles. The van der Waals surface area contributed by atoms with Crippen LogP contribution in [0.2, 0.25) is 5.02 Å². The first-order valence-electron chi connectivity index (χ1n) is 6.14. The van der Waals surface area contributed by atoms with Gasteiger partial charge in [0.05, 0.1) is 0 Å². The predicted octanol–water partition coefficient (Wildman–Crippen LogP) is 3.21. The van der Waals surface area contributed by atoms with Crippen molar-refractivity contribution < 1.29 is 4.79 Å². The maximum absolute atomic E-state index is 11.8. The third-order valence-corrected chi connectivity index (χ3v) is 3.42. The minimum atomic E-state index is 0.0295. The summed E-state index contributed by atoms with van der Waals surface area (Å²) in [7, 11) is 0. The monoisotopic (exact) mass is 264 g/mol. The maximum atomic E-state index is 11.8. The fourth-order valence-electron chi connectivity index (χ4n) is 1.90. The Kier molecular flexibility index (Phi) is 3.92. The summed E-state index contributed by atoms with van der Waals surface area (Å²) in [4.78, 5) is 11.8. The smallest absolute Gasteiger partial charge is 0.240 e. The molecule has 96 valence electrons. The highest BCUT2D eigenvalue weighted by molar-refractivity contribution is 6.35. The van der Waals surface area contributed by atoms with Gasteiger partial charge in [0.15, 0.2) is 0 Å². The predicted molar refractivity (Wildman–Crippen MR) is 74.8 cm³/mol. The molecule has 3 nitrogen and oxygen atoms in total. The van der Waals surface area contributed by atoms with Crippen LogP contribution in [0, 0.1) is 0 Å². The van der Waals surface area contributed by atoms with Crippen LogP contribution in [0.25, 0.3) is 10.9 Å². The Hall–Kier alpha value is -1.48. The molecule has 18 heavy (non-hydrogen) atoms. The Morgan fingerprint density at radius 1 is 1.44 bits per heavy atom. The normalized spacial score (nSPS) is 12.6. The lowest BCUT2D eigenvalue weighted by molar-refractivity contribution is -0.122. The SMILES string of the molecule is CCC(C)NC(=O)Cn1ccc2c(Cl)cccc21. The van der Waals surface area contributed by atoms with Crippen molar-refractivity contribution in [3.63, 3.8) is 0 Å². The summed E-state index contributed by atoms with van der Waals surface area (Å²) in [6.07, 6.45) is 2.83. The van der Waals surface area contributed by atoms with Crippen LogP contribution in [0.1, 0.15) is 20.3 Å². The molecule has 1 heterocycles. The molecule has 0 bridgehead atoms. The van der Waals surface area contributed by atoms with E-state index in [0.29, 0.717) is 11.6 Å². The maximum Gasteiger partial charge on any atom is 0.240 e. The number of nitrogens with one attached hydrogen (secondary N) is 1. The lowest BCUT2D eigenvalue weighted by Crippen LogP contribution is -2.34. The van der Waals surface area contributed by atoms with Gasteiger partial charge in [0.1, 0.15) is 6.54 Å². The highest BCUT2D eigenvalue weighted by Crippen LogP contribution is 2.23. The van der Waals surface area contributed by atoms with Crippen LogP contribution in [-0.2, 0) is 11.3 Å². The minimum Gasteiger partial charge on any atom is -0.352 e. The fraction of sp³-hybridized carbons (Fsp3) is 0.357. The summed E-state index contributed by atoms with van der Waals surface area (Å²) in [5.41, 5.74) is 0.988. The summed E-state index contributed by atoms with van der Waals surface area (Å²) >= 11 is 6.10. The molecule has 1 aromatic carbocycles. The zero-order valence-corrected chi connectivity index (χ0v) is 11.4. The molecular formula is C14H17ClN2O.